The number of hydrogen-bond acceptors (Lipinski definition) is 11. The van der Waals surface area contributed by atoms with Gasteiger partial charge < -0.3 is 14.2 Å². The van der Waals surface area contributed by atoms with Crippen molar-refractivity contribution in [2.45, 2.75) is 202 Å². The van der Waals surface area contributed by atoms with Crippen LogP contribution in [0.1, 0.15) is 175 Å². The van der Waals surface area contributed by atoms with Gasteiger partial charge in [-0.2, -0.15) is 25.3 Å². The predicted octanol–water partition coefficient (Wildman–Crippen LogP) is 12.3. The van der Waals surface area contributed by atoms with Crippen molar-refractivity contribution in [3.63, 3.8) is 0 Å². The number of hydrogen-bond donors (Lipinski definition) is 2. The lowest BCUT2D eigenvalue weighted by molar-refractivity contribution is -0.167. The SMILES string of the molecule is CCCC/C=C/CCCCCC(=O)OCC1COC(=O)CCCCCC(C(S)CCCC)SSSC(C(S)CCCC)CCCCCC(=O)O1. The van der Waals surface area contributed by atoms with Gasteiger partial charge in [0.2, 0.25) is 0 Å². The highest BCUT2D eigenvalue weighted by Crippen LogP contribution is 2.47. The first-order chi connectivity index (χ1) is 24.3. The fraction of sp³-hybridized carbons (Fsp3) is 0.872. The maximum Gasteiger partial charge on any atom is 0.306 e. The van der Waals surface area contributed by atoms with Crippen molar-refractivity contribution in [2.24, 2.45) is 0 Å². The highest BCUT2D eigenvalue weighted by molar-refractivity contribution is 9.09. The monoisotopic (exact) mass is 794 g/mol. The standard InChI is InChI=1S/C39H70O6S5/c1-4-7-10-11-12-13-14-15-20-27-37(40)43-30-32-31-44-38(41)28-21-16-18-25-35(33(46)23-8-5-2)48-50-49-36(34(47)24-9-6-3)26-19-17-22-29-39(42)45-32/h11-12,32-36,46-47H,4-10,13-31H2,1-3H3/b12-11+. The Hall–Kier alpha value is -0.100. The van der Waals surface area contributed by atoms with E-state index < -0.39 is 6.10 Å². The minimum Gasteiger partial charge on any atom is -0.462 e. The highest BCUT2D eigenvalue weighted by atomic mass is 33.5. The summed E-state index contributed by atoms with van der Waals surface area (Å²) in [5.74, 6) is -0.964. The minimum atomic E-state index is -0.799. The summed E-state index contributed by atoms with van der Waals surface area (Å²) >= 11 is 10.1. The molecule has 0 aromatic carbocycles. The molecule has 6 nitrogen and oxygen atoms in total. The van der Waals surface area contributed by atoms with Crippen LogP contribution in [0.4, 0.5) is 0 Å². The molecule has 0 amide bonds. The first-order valence-electron chi connectivity index (χ1n) is 19.8. The average molecular weight is 795 g/mol. The van der Waals surface area contributed by atoms with Crippen molar-refractivity contribution in [1.82, 2.24) is 0 Å². The minimum absolute atomic E-state index is 0.0995. The summed E-state index contributed by atoms with van der Waals surface area (Å²) in [6.07, 6.45) is 26.5. The Morgan fingerprint density at radius 1 is 0.760 bits per heavy atom. The van der Waals surface area contributed by atoms with Crippen LogP contribution in [0.25, 0.3) is 0 Å². The van der Waals surface area contributed by atoms with E-state index in [2.05, 4.69) is 32.9 Å². The van der Waals surface area contributed by atoms with Crippen LogP contribution in [0.2, 0.25) is 0 Å². The molecule has 1 aliphatic heterocycles. The second kappa shape index (κ2) is 33.5. The van der Waals surface area contributed by atoms with Gasteiger partial charge in [-0.1, -0.05) is 125 Å². The predicted molar refractivity (Wildman–Crippen MR) is 225 cm³/mol. The zero-order valence-electron chi connectivity index (χ0n) is 31.5. The molecule has 1 heterocycles. The molecule has 0 saturated carbocycles. The van der Waals surface area contributed by atoms with E-state index >= 15 is 0 Å². The summed E-state index contributed by atoms with van der Waals surface area (Å²) in [5.41, 5.74) is 0. The van der Waals surface area contributed by atoms with Crippen LogP contribution in [0.3, 0.4) is 0 Å². The third-order valence-electron chi connectivity index (χ3n) is 8.93. The topological polar surface area (TPSA) is 78.9 Å². The fourth-order valence-corrected chi connectivity index (χ4v) is 12.8. The van der Waals surface area contributed by atoms with Crippen LogP contribution in [-0.4, -0.2) is 58.2 Å². The van der Waals surface area contributed by atoms with Gasteiger partial charge in [0.25, 0.3) is 0 Å². The first kappa shape index (κ1) is 47.9. The molecular formula is C39H70O6S5. The molecule has 5 atom stereocenters. The Balaban J connectivity index is 2.74. The summed E-state index contributed by atoms with van der Waals surface area (Å²) in [6.45, 7) is 6.46. The second-order valence-electron chi connectivity index (χ2n) is 13.6. The molecule has 0 radical (unpaired) electrons. The van der Waals surface area contributed by atoms with Crippen LogP contribution < -0.4 is 0 Å². The van der Waals surface area contributed by atoms with Gasteiger partial charge in [-0.15, -0.1) is 0 Å². The van der Waals surface area contributed by atoms with E-state index in [1.807, 2.05) is 31.4 Å². The lowest BCUT2D eigenvalue weighted by Crippen LogP contribution is -2.30. The van der Waals surface area contributed by atoms with E-state index in [9.17, 15) is 14.4 Å². The summed E-state index contributed by atoms with van der Waals surface area (Å²) < 4.78 is 16.7. The molecule has 292 valence electrons. The first-order valence-corrected chi connectivity index (χ1v) is 24.4. The molecule has 1 saturated heterocycles. The summed E-state index contributed by atoms with van der Waals surface area (Å²) in [7, 11) is 5.85. The van der Waals surface area contributed by atoms with E-state index in [1.54, 1.807) is 0 Å². The van der Waals surface area contributed by atoms with Crippen molar-refractivity contribution in [3.05, 3.63) is 12.2 Å². The smallest absolute Gasteiger partial charge is 0.306 e. The number of ether oxygens (including phenoxy) is 3. The van der Waals surface area contributed by atoms with Crippen LogP contribution >= 0.6 is 56.7 Å². The number of carbonyl (C=O) groups is 3. The van der Waals surface area contributed by atoms with Gasteiger partial charge >= 0.3 is 17.9 Å². The Morgan fingerprint density at radius 2 is 1.32 bits per heavy atom. The molecule has 50 heavy (non-hydrogen) atoms. The number of unbranched alkanes of at least 4 members (excludes halogenated alkanes) is 7. The molecule has 11 heteroatoms. The van der Waals surface area contributed by atoms with Gasteiger partial charge in [-0.3, -0.25) is 14.4 Å². The molecule has 1 aliphatic rings. The molecule has 1 fully saturated rings. The average Bonchev–Trinajstić information content (AvgIpc) is 3.10. The van der Waals surface area contributed by atoms with Gasteiger partial charge in [0, 0.05) is 40.3 Å². The number of carbonyl (C=O) groups excluding carboxylic acids is 3. The maximum atomic E-state index is 12.8. The molecule has 1 rings (SSSR count). The van der Waals surface area contributed by atoms with Gasteiger partial charge in [0.1, 0.15) is 13.2 Å². The van der Waals surface area contributed by atoms with Crippen LogP contribution in [-0.2, 0) is 28.6 Å². The number of esters is 3. The largest absolute Gasteiger partial charge is 0.462 e. The van der Waals surface area contributed by atoms with Gasteiger partial charge in [-0.25, -0.2) is 0 Å². The maximum absolute atomic E-state index is 12.8. The molecular weight excluding hydrogens is 725 g/mol. The van der Waals surface area contributed by atoms with Crippen molar-refractivity contribution in [2.75, 3.05) is 13.2 Å². The third kappa shape index (κ3) is 26.6. The molecule has 5 unspecified atom stereocenters. The highest BCUT2D eigenvalue weighted by Gasteiger charge is 2.24. The van der Waals surface area contributed by atoms with Crippen molar-refractivity contribution < 1.29 is 28.6 Å². The van der Waals surface area contributed by atoms with E-state index in [4.69, 9.17) is 39.5 Å². The fourth-order valence-electron chi connectivity index (χ4n) is 5.66. The van der Waals surface area contributed by atoms with Crippen LogP contribution in [0.5, 0.6) is 0 Å². The quantitative estimate of drug-likeness (QED) is 0.0332. The lowest BCUT2D eigenvalue weighted by Gasteiger charge is -2.25. The molecule has 0 aliphatic carbocycles. The van der Waals surface area contributed by atoms with Gasteiger partial charge in [0.15, 0.2) is 6.10 Å². The normalized spacial score (nSPS) is 22.6. The van der Waals surface area contributed by atoms with Crippen LogP contribution in [0, 0.1) is 0 Å². The van der Waals surface area contributed by atoms with E-state index in [0.29, 0.717) is 33.8 Å². The molecule has 0 aromatic heterocycles. The zero-order chi connectivity index (χ0) is 36.7. The summed E-state index contributed by atoms with van der Waals surface area (Å²) in [6, 6.07) is 0. The van der Waals surface area contributed by atoms with Gasteiger partial charge in [0.05, 0.1) is 0 Å². The number of thiol groups is 2. The zero-order valence-corrected chi connectivity index (χ0v) is 35.7. The van der Waals surface area contributed by atoms with E-state index in [0.717, 1.165) is 96.3 Å². The number of rotatable bonds is 19. The third-order valence-corrected chi connectivity index (χ3v) is 15.7. The molecule has 0 aromatic rings. The van der Waals surface area contributed by atoms with Crippen molar-refractivity contribution >= 4 is 74.6 Å². The summed E-state index contributed by atoms with van der Waals surface area (Å²) in [4.78, 5) is 37.9. The Labute approximate surface area is 328 Å². The van der Waals surface area contributed by atoms with Crippen molar-refractivity contribution in [3.8, 4) is 0 Å². The second-order valence-corrected chi connectivity index (χ2v) is 19.5. The van der Waals surface area contributed by atoms with E-state index in [1.165, 1.54) is 38.5 Å². The Kier molecular flexibility index (Phi) is 32.1. The molecule has 0 N–H and O–H groups in total. The molecule has 0 bridgehead atoms. The van der Waals surface area contributed by atoms with Crippen molar-refractivity contribution in [1.29, 1.82) is 0 Å². The Morgan fingerprint density at radius 3 is 1.90 bits per heavy atom. The van der Waals surface area contributed by atoms with E-state index in [-0.39, 0.29) is 37.5 Å². The number of cyclic esters (lactones) is 2. The van der Waals surface area contributed by atoms with Gasteiger partial charge in [-0.05, 0) is 74.0 Å². The number of allylic oxidation sites excluding steroid dienone is 2. The molecule has 0 spiro atoms. The lowest BCUT2D eigenvalue weighted by atomic mass is 10.1. The summed E-state index contributed by atoms with van der Waals surface area (Å²) in [5, 5.41) is 1.62. The van der Waals surface area contributed by atoms with Crippen LogP contribution in [0.15, 0.2) is 12.2 Å². The Bertz CT molecular complexity index is 891.